The van der Waals surface area contributed by atoms with E-state index in [1.54, 1.807) is 20.0 Å². The number of amides is 6. The zero-order chi connectivity index (χ0) is 53.0. The van der Waals surface area contributed by atoms with Crippen LogP contribution in [0.15, 0.2) is 50.4 Å². The zero-order valence-corrected chi connectivity index (χ0v) is 41.4. The molecule has 26 heteroatoms. The maximum absolute atomic E-state index is 14.3. The second-order valence-corrected chi connectivity index (χ2v) is 17.8. The number of fused-ring (bicyclic) bond motifs is 1. The molecule has 0 aliphatic heterocycles. The number of aliphatic imine (C=N–C) groups is 4. The molecule has 0 saturated heterocycles. The number of nitrogens with one attached hydrogen (secondary N) is 7. The van der Waals surface area contributed by atoms with Gasteiger partial charge in [-0.3, -0.25) is 48.7 Å². The molecule has 0 aliphatic carbocycles. The van der Waals surface area contributed by atoms with Crippen LogP contribution in [-0.2, 0) is 35.2 Å². The highest BCUT2D eigenvalue weighted by molar-refractivity contribution is 5.97. The number of hydrogen-bond acceptors (Lipinski definition) is 11. The Hall–Kier alpha value is -7.38. The monoisotopic (exact) mass is 998 g/mol. The van der Waals surface area contributed by atoms with Crippen molar-refractivity contribution >= 4 is 70.2 Å². The summed E-state index contributed by atoms with van der Waals surface area (Å²) in [6.45, 7) is 7.22. The molecule has 0 aliphatic rings. The average Bonchev–Trinajstić information content (AvgIpc) is 3.71. The first-order valence-electron chi connectivity index (χ1n) is 23.8. The molecule has 1 aromatic heterocycles. The van der Waals surface area contributed by atoms with E-state index in [2.05, 4.69) is 56.9 Å². The van der Waals surface area contributed by atoms with E-state index in [4.69, 9.17) is 45.9 Å². The summed E-state index contributed by atoms with van der Waals surface area (Å²) >= 11 is 0. The summed E-state index contributed by atoms with van der Waals surface area (Å²) in [6.07, 6.45) is 4.09. The molecule has 24 N–H and O–H groups in total. The van der Waals surface area contributed by atoms with Crippen molar-refractivity contribution in [2.75, 3.05) is 32.8 Å². The summed E-state index contributed by atoms with van der Waals surface area (Å²) < 4.78 is 0. The molecule has 0 radical (unpaired) electrons. The minimum Gasteiger partial charge on any atom is -0.394 e. The van der Waals surface area contributed by atoms with Gasteiger partial charge >= 0.3 is 0 Å². The standard InChI is InChI=1S/C45H79N19O7/c1-25(2)21-26(3)36(66)63-34(22-28-23-58-30-13-6-5-12-29(28)30)40(70)61-33(16-10-20-57-45(52)53)39(69)64-35(24-65)41(71)62-32(15-9-19-56-44(50)51)38(68)60-31(14-8-18-55-43(48)49)37(67)59-27(4)11-7-17-54-42(46)47/h5-6,12-13,23,25-27,31-35,58,65H,7-11,14-22,24H2,1-4H3,(H,59,67)(H,60,68)(H,61,70)(H,62,71)(H,63,66)(H,64,69)(H4,46,47,54)(H4,48,49,55)(H4,50,51,56)(H4,52,53,57)/t26?,27-,31+,32+,33-,34-,35-/m0/s1. The van der Waals surface area contributed by atoms with E-state index >= 15 is 0 Å². The van der Waals surface area contributed by atoms with E-state index in [0.717, 1.165) is 16.5 Å². The third-order valence-electron chi connectivity index (χ3n) is 11.0. The largest absolute Gasteiger partial charge is 0.394 e. The van der Waals surface area contributed by atoms with Gasteiger partial charge in [0.1, 0.15) is 30.2 Å². The van der Waals surface area contributed by atoms with Crippen molar-refractivity contribution in [2.45, 2.75) is 128 Å². The van der Waals surface area contributed by atoms with Crippen molar-refractivity contribution in [3.8, 4) is 0 Å². The molecule has 1 aromatic carbocycles. The number of hydrogen-bond donors (Lipinski definition) is 16. The van der Waals surface area contributed by atoms with E-state index in [9.17, 15) is 33.9 Å². The van der Waals surface area contributed by atoms with Gasteiger partial charge < -0.3 is 87.9 Å². The van der Waals surface area contributed by atoms with Crippen LogP contribution in [0.4, 0.5) is 0 Å². The Kier molecular flexibility index (Phi) is 26.7. The summed E-state index contributed by atoms with van der Waals surface area (Å²) in [5.41, 5.74) is 45.4. The molecule has 2 aromatic rings. The molecule has 0 bridgehead atoms. The lowest BCUT2D eigenvalue weighted by atomic mass is 9.97. The quantitative estimate of drug-likeness (QED) is 0.0188. The summed E-state index contributed by atoms with van der Waals surface area (Å²) in [6, 6.07) is 0.542. The fourth-order valence-corrected chi connectivity index (χ4v) is 7.48. The Labute approximate surface area is 414 Å². The van der Waals surface area contributed by atoms with Gasteiger partial charge in [-0.15, -0.1) is 0 Å². The Morgan fingerprint density at radius 1 is 0.521 bits per heavy atom. The predicted molar refractivity (Wildman–Crippen MR) is 275 cm³/mol. The van der Waals surface area contributed by atoms with Crippen LogP contribution in [0.25, 0.3) is 10.9 Å². The molecule has 0 fully saturated rings. The summed E-state index contributed by atoms with van der Waals surface area (Å²) in [4.78, 5) is 102. The number of aromatic nitrogens is 1. The second-order valence-electron chi connectivity index (χ2n) is 17.8. The number of rotatable bonds is 33. The van der Waals surface area contributed by atoms with Gasteiger partial charge in [-0.1, -0.05) is 39.0 Å². The number of nitrogens with two attached hydrogens (primary N) is 8. The SMILES string of the molecule is CC(C)CC(C)C(=O)N[C@@H](Cc1c[nH]c2ccccc12)C(=O)N[C@@H](CCCN=C(N)N)C(=O)N[C@@H](CO)C(=O)N[C@H](CCCN=C(N)N)C(=O)N[C@H](CCCN=C(N)N)C(=O)N[C@@H](C)CCCN=C(N)N. The van der Waals surface area contributed by atoms with Crippen LogP contribution in [0.1, 0.15) is 91.0 Å². The molecule has 2 rings (SSSR count). The fourth-order valence-electron chi connectivity index (χ4n) is 7.48. The van der Waals surface area contributed by atoms with Crippen LogP contribution in [-0.4, -0.2) is 138 Å². The topological polar surface area (TPSA) is 468 Å². The van der Waals surface area contributed by atoms with E-state index in [1.807, 2.05) is 38.1 Å². The lowest BCUT2D eigenvalue weighted by molar-refractivity contribution is -0.136. The summed E-state index contributed by atoms with van der Waals surface area (Å²) in [5, 5.41) is 27.6. The lowest BCUT2D eigenvalue weighted by Crippen LogP contribution is -2.60. The van der Waals surface area contributed by atoms with E-state index in [1.165, 1.54) is 0 Å². The number of guanidine groups is 4. The van der Waals surface area contributed by atoms with Crippen LogP contribution < -0.4 is 77.8 Å². The van der Waals surface area contributed by atoms with Crippen LogP contribution in [0.5, 0.6) is 0 Å². The number of nitrogens with zero attached hydrogens (tertiary/aromatic N) is 4. The van der Waals surface area contributed by atoms with Crippen LogP contribution in [0, 0.1) is 11.8 Å². The first-order valence-corrected chi connectivity index (χ1v) is 23.8. The molecule has 396 valence electrons. The normalized spacial score (nSPS) is 13.9. The van der Waals surface area contributed by atoms with Crippen LogP contribution >= 0.6 is 0 Å². The van der Waals surface area contributed by atoms with Gasteiger partial charge in [-0.05, 0) is 82.3 Å². The highest BCUT2D eigenvalue weighted by atomic mass is 16.3. The molecular weight excluding hydrogens is 919 g/mol. The van der Waals surface area contributed by atoms with Gasteiger partial charge in [0.2, 0.25) is 35.4 Å². The fraction of sp³-hybridized carbons (Fsp3) is 0.600. The predicted octanol–water partition coefficient (Wildman–Crippen LogP) is -3.47. The Morgan fingerprint density at radius 3 is 1.34 bits per heavy atom. The van der Waals surface area contributed by atoms with Gasteiger partial charge in [-0.2, -0.15) is 0 Å². The van der Waals surface area contributed by atoms with Crippen LogP contribution in [0.3, 0.4) is 0 Å². The van der Waals surface area contributed by atoms with Crippen molar-refractivity contribution in [1.82, 2.24) is 36.9 Å². The number of carbonyl (C=O) groups excluding carboxylic acids is 6. The minimum absolute atomic E-state index is 0.0387. The van der Waals surface area contributed by atoms with Gasteiger partial charge in [-0.25, -0.2) is 0 Å². The summed E-state index contributed by atoms with van der Waals surface area (Å²) in [7, 11) is 0. The highest BCUT2D eigenvalue weighted by Gasteiger charge is 2.33. The number of carbonyl (C=O) groups is 6. The molecule has 0 spiro atoms. The van der Waals surface area contributed by atoms with Crippen molar-refractivity contribution in [3.63, 3.8) is 0 Å². The molecular formula is C45H79N19O7. The second kappa shape index (κ2) is 31.7. The number of H-pyrrole nitrogens is 1. The average molecular weight is 998 g/mol. The third-order valence-corrected chi connectivity index (χ3v) is 11.0. The lowest BCUT2D eigenvalue weighted by Gasteiger charge is -2.27. The maximum atomic E-state index is 14.3. The maximum Gasteiger partial charge on any atom is 0.245 e. The summed E-state index contributed by atoms with van der Waals surface area (Å²) in [5.74, 6) is -5.03. The first-order chi connectivity index (χ1) is 33.6. The molecule has 1 heterocycles. The van der Waals surface area contributed by atoms with E-state index < -0.39 is 72.3 Å². The molecule has 1 unspecified atom stereocenters. The number of benzene rings is 1. The van der Waals surface area contributed by atoms with E-state index in [-0.39, 0.29) is 106 Å². The number of aliphatic hydroxyl groups is 1. The Morgan fingerprint density at radius 2 is 0.901 bits per heavy atom. The zero-order valence-electron chi connectivity index (χ0n) is 41.4. The molecule has 6 amide bonds. The van der Waals surface area contributed by atoms with Gasteiger partial charge in [0.05, 0.1) is 6.61 Å². The molecule has 71 heavy (non-hydrogen) atoms. The van der Waals surface area contributed by atoms with Crippen molar-refractivity contribution in [3.05, 3.63) is 36.0 Å². The van der Waals surface area contributed by atoms with Crippen molar-refractivity contribution < 1.29 is 33.9 Å². The minimum atomic E-state index is -1.65. The first kappa shape index (κ1) is 59.7. The Balaban J connectivity index is 2.41. The molecule has 7 atom stereocenters. The highest BCUT2D eigenvalue weighted by Crippen LogP contribution is 2.20. The number of aromatic amines is 1. The van der Waals surface area contributed by atoms with Gasteiger partial charge in [0.25, 0.3) is 0 Å². The molecule has 26 nitrogen and oxygen atoms in total. The van der Waals surface area contributed by atoms with Gasteiger partial charge in [0, 0.05) is 61.7 Å². The Bertz CT molecular complexity index is 2140. The number of para-hydroxylation sites is 1. The number of aliphatic hydroxyl groups excluding tert-OH is 1. The van der Waals surface area contributed by atoms with E-state index in [0.29, 0.717) is 25.8 Å². The van der Waals surface area contributed by atoms with Crippen molar-refractivity contribution in [1.29, 1.82) is 0 Å². The third kappa shape index (κ3) is 23.7. The van der Waals surface area contributed by atoms with Crippen LogP contribution in [0.2, 0.25) is 0 Å². The van der Waals surface area contributed by atoms with Crippen molar-refractivity contribution in [2.24, 2.45) is 77.7 Å². The molecule has 0 saturated carbocycles. The van der Waals surface area contributed by atoms with Gasteiger partial charge in [0.15, 0.2) is 23.8 Å². The smallest absolute Gasteiger partial charge is 0.245 e.